The Morgan fingerprint density at radius 3 is 2.44 bits per heavy atom. The molecule has 0 fully saturated rings. The molecule has 1 atom stereocenters. The first-order valence-electron chi connectivity index (χ1n) is 11.3. The van der Waals surface area contributed by atoms with Crippen LogP contribution in [0, 0.1) is 17.0 Å². The van der Waals surface area contributed by atoms with E-state index in [4.69, 9.17) is 4.74 Å². The minimum absolute atomic E-state index is 0.0396. The zero-order chi connectivity index (χ0) is 27.0. The lowest BCUT2D eigenvalue weighted by molar-refractivity contribution is -0.384. The van der Waals surface area contributed by atoms with E-state index in [1.807, 2.05) is 38.1 Å². The lowest BCUT2D eigenvalue weighted by Crippen LogP contribution is -2.51. The maximum absolute atomic E-state index is 13.6. The van der Waals surface area contributed by atoms with Crippen molar-refractivity contribution in [3.63, 3.8) is 0 Å². The van der Waals surface area contributed by atoms with Gasteiger partial charge < -0.3 is 15.0 Å². The molecule has 2 aromatic rings. The molecule has 0 aromatic heterocycles. The topological polar surface area (TPSA) is 139 Å². The summed E-state index contributed by atoms with van der Waals surface area (Å²) in [5, 5.41) is 14.1. The van der Waals surface area contributed by atoms with Crippen LogP contribution in [0.25, 0.3) is 0 Å². The van der Waals surface area contributed by atoms with Crippen molar-refractivity contribution < 1.29 is 27.7 Å². The number of rotatable bonds is 12. The minimum atomic E-state index is -4.08. The van der Waals surface area contributed by atoms with Gasteiger partial charge in [0.15, 0.2) is 0 Å². The van der Waals surface area contributed by atoms with Gasteiger partial charge in [-0.05, 0) is 31.9 Å². The first-order chi connectivity index (χ1) is 16.9. The summed E-state index contributed by atoms with van der Waals surface area (Å²) >= 11 is 0. The van der Waals surface area contributed by atoms with Gasteiger partial charge in [-0.2, -0.15) is 0 Å². The van der Waals surface area contributed by atoms with Crippen LogP contribution in [-0.4, -0.2) is 62.6 Å². The highest BCUT2D eigenvalue weighted by molar-refractivity contribution is 7.92. The van der Waals surface area contributed by atoms with Gasteiger partial charge in [0.1, 0.15) is 24.0 Å². The number of carbonyl (C=O) groups is 2. The predicted octanol–water partition coefficient (Wildman–Crippen LogP) is 2.62. The quantitative estimate of drug-likeness (QED) is 0.335. The molecule has 196 valence electrons. The normalized spacial score (nSPS) is 11.9. The first-order valence-corrected chi connectivity index (χ1v) is 13.2. The van der Waals surface area contributed by atoms with Crippen LogP contribution in [-0.2, 0) is 26.2 Å². The molecule has 2 amide bonds. The number of nitrogens with one attached hydrogen (secondary N) is 1. The van der Waals surface area contributed by atoms with E-state index in [1.165, 1.54) is 24.1 Å². The molecule has 12 heteroatoms. The zero-order valence-corrected chi connectivity index (χ0v) is 21.9. The summed E-state index contributed by atoms with van der Waals surface area (Å²) in [5.74, 6) is -0.996. The molecule has 2 rings (SSSR count). The fourth-order valence-electron chi connectivity index (χ4n) is 3.57. The second kappa shape index (κ2) is 12.3. The smallest absolute Gasteiger partial charge is 0.271 e. The molecule has 0 heterocycles. The lowest BCUT2D eigenvalue weighted by Gasteiger charge is -2.31. The third-order valence-corrected chi connectivity index (χ3v) is 6.60. The number of hydrogen-bond donors (Lipinski definition) is 1. The van der Waals surface area contributed by atoms with E-state index in [-0.39, 0.29) is 29.6 Å². The lowest BCUT2D eigenvalue weighted by atomic mass is 10.1. The average molecular weight is 521 g/mol. The van der Waals surface area contributed by atoms with Crippen molar-refractivity contribution in [1.29, 1.82) is 0 Å². The van der Waals surface area contributed by atoms with E-state index < -0.39 is 33.4 Å². The maximum Gasteiger partial charge on any atom is 0.271 e. The van der Waals surface area contributed by atoms with Gasteiger partial charge in [-0.1, -0.05) is 36.8 Å². The summed E-state index contributed by atoms with van der Waals surface area (Å²) < 4.78 is 31.4. The van der Waals surface area contributed by atoms with Gasteiger partial charge in [0, 0.05) is 25.2 Å². The Labute approximate surface area is 211 Å². The van der Waals surface area contributed by atoms with Gasteiger partial charge in [0.2, 0.25) is 21.8 Å². The summed E-state index contributed by atoms with van der Waals surface area (Å²) in [7, 11) is -2.79. The summed E-state index contributed by atoms with van der Waals surface area (Å²) in [6.45, 7) is 5.16. The molecule has 0 radical (unpaired) electrons. The van der Waals surface area contributed by atoms with Crippen LogP contribution < -0.4 is 14.4 Å². The SMILES string of the molecule is CCCNC(=O)[C@H](C)N(Cc1cccc(C)c1)C(=O)CN(c1cc([N+](=O)[O-])ccc1OC)S(C)(=O)=O. The highest BCUT2D eigenvalue weighted by Gasteiger charge is 2.31. The molecule has 0 aliphatic heterocycles. The second-order valence-corrected chi connectivity index (χ2v) is 10.3. The number of hydrogen-bond acceptors (Lipinski definition) is 7. The van der Waals surface area contributed by atoms with Crippen molar-refractivity contribution in [2.45, 2.75) is 39.8 Å². The van der Waals surface area contributed by atoms with Crippen LogP contribution in [0.3, 0.4) is 0 Å². The molecule has 0 saturated carbocycles. The number of benzene rings is 2. The van der Waals surface area contributed by atoms with Crippen LogP contribution in [0.4, 0.5) is 11.4 Å². The number of anilines is 1. The molecule has 1 N–H and O–H groups in total. The first kappa shape index (κ1) is 28.6. The van der Waals surface area contributed by atoms with Crippen LogP contribution in [0.2, 0.25) is 0 Å². The average Bonchev–Trinajstić information content (AvgIpc) is 2.82. The molecule has 0 spiro atoms. The number of nitrogens with zero attached hydrogens (tertiary/aromatic N) is 3. The Morgan fingerprint density at radius 2 is 1.89 bits per heavy atom. The molecule has 0 aliphatic carbocycles. The number of carbonyl (C=O) groups excluding carboxylic acids is 2. The third-order valence-electron chi connectivity index (χ3n) is 5.47. The summed E-state index contributed by atoms with van der Waals surface area (Å²) in [5.41, 5.74) is 1.20. The highest BCUT2D eigenvalue weighted by Crippen LogP contribution is 2.33. The van der Waals surface area contributed by atoms with Crippen LogP contribution in [0.15, 0.2) is 42.5 Å². The van der Waals surface area contributed by atoms with Crippen molar-refractivity contribution in [2.75, 3.05) is 30.8 Å². The Kier molecular flexibility index (Phi) is 9.79. The van der Waals surface area contributed by atoms with Crippen LogP contribution in [0.1, 0.15) is 31.4 Å². The third kappa shape index (κ3) is 7.41. The molecular formula is C24H32N4O7S. The van der Waals surface area contributed by atoms with Gasteiger partial charge in [-0.25, -0.2) is 8.42 Å². The predicted molar refractivity (Wildman–Crippen MR) is 136 cm³/mol. The van der Waals surface area contributed by atoms with Gasteiger partial charge in [0.25, 0.3) is 5.69 Å². The maximum atomic E-state index is 13.6. The number of sulfonamides is 1. The van der Waals surface area contributed by atoms with Gasteiger partial charge in [0.05, 0.1) is 18.3 Å². The molecule has 0 aliphatic rings. The zero-order valence-electron chi connectivity index (χ0n) is 21.1. The molecule has 2 aromatic carbocycles. The standard InChI is InChI=1S/C24H32N4O7S/c1-6-12-25-24(30)18(3)26(15-19-9-7-8-17(2)13-19)23(29)16-27(36(5,33)34)21-14-20(28(31)32)10-11-22(21)35-4/h7-11,13-14,18H,6,12,15-16H2,1-5H3,(H,25,30)/t18-/m0/s1. The van der Waals surface area contributed by atoms with Crippen LogP contribution >= 0.6 is 0 Å². The Bertz CT molecular complexity index is 1220. The largest absolute Gasteiger partial charge is 0.495 e. The van der Waals surface area contributed by atoms with Crippen molar-refractivity contribution in [3.8, 4) is 5.75 Å². The number of nitro groups is 1. The fraction of sp³-hybridized carbons (Fsp3) is 0.417. The Morgan fingerprint density at radius 1 is 1.19 bits per heavy atom. The molecule has 0 unspecified atom stereocenters. The Balaban J connectivity index is 2.50. The van der Waals surface area contributed by atoms with E-state index in [2.05, 4.69) is 5.32 Å². The monoisotopic (exact) mass is 520 g/mol. The van der Waals surface area contributed by atoms with E-state index in [9.17, 15) is 28.1 Å². The van der Waals surface area contributed by atoms with Crippen molar-refractivity contribution in [2.24, 2.45) is 0 Å². The number of ether oxygens (including phenoxy) is 1. The number of aryl methyl sites for hydroxylation is 1. The van der Waals surface area contributed by atoms with E-state index in [0.717, 1.165) is 27.8 Å². The Hall–Kier alpha value is -3.67. The molecular weight excluding hydrogens is 488 g/mol. The molecule has 0 bridgehead atoms. The number of nitro benzene ring substituents is 1. The van der Waals surface area contributed by atoms with Crippen LogP contribution in [0.5, 0.6) is 5.75 Å². The molecule has 0 saturated heterocycles. The van der Waals surface area contributed by atoms with Gasteiger partial charge in [-0.15, -0.1) is 0 Å². The van der Waals surface area contributed by atoms with Crippen molar-refractivity contribution in [3.05, 3.63) is 63.7 Å². The fourth-order valence-corrected chi connectivity index (χ4v) is 4.41. The van der Waals surface area contributed by atoms with Crippen molar-refractivity contribution in [1.82, 2.24) is 10.2 Å². The number of methoxy groups -OCH3 is 1. The number of amides is 2. The summed E-state index contributed by atoms with van der Waals surface area (Å²) in [6, 6.07) is 9.97. The second-order valence-electron chi connectivity index (χ2n) is 8.36. The van der Waals surface area contributed by atoms with Gasteiger partial charge in [-0.3, -0.25) is 24.0 Å². The van der Waals surface area contributed by atoms with E-state index in [0.29, 0.717) is 13.0 Å². The summed E-state index contributed by atoms with van der Waals surface area (Å²) in [6.07, 6.45) is 1.60. The highest BCUT2D eigenvalue weighted by atomic mass is 32.2. The number of non-ortho nitro benzene ring substituents is 1. The molecule has 11 nitrogen and oxygen atoms in total. The molecule has 36 heavy (non-hydrogen) atoms. The van der Waals surface area contributed by atoms with E-state index >= 15 is 0 Å². The van der Waals surface area contributed by atoms with Gasteiger partial charge >= 0.3 is 0 Å². The van der Waals surface area contributed by atoms with E-state index in [1.54, 1.807) is 6.92 Å². The van der Waals surface area contributed by atoms with Crippen molar-refractivity contribution >= 4 is 33.2 Å². The summed E-state index contributed by atoms with van der Waals surface area (Å²) in [4.78, 5) is 38.2. The minimum Gasteiger partial charge on any atom is -0.495 e.